The second-order valence-corrected chi connectivity index (χ2v) is 5.91. The van der Waals surface area contributed by atoms with Crippen LogP contribution in [0.3, 0.4) is 0 Å². The van der Waals surface area contributed by atoms with E-state index in [4.69, 9.17) is 4.74 Å². The number of rotatable bonds is 3. The lowest BCUT2D eigenvalue weighted by molar-refractivity contribution is -0.109. The summed E-state index contributed by atoms with van der Waals surface area (Å²) in [5, 5.41) is 4.67. The van der Waals surface area contributed by atoms with Gasteiger partial charge in [-0.05, 0) is 28.8 Å². The van der Waals surface area contributed by atoms with Crippen molar-refractivity contribution in [1.82, 2.24) is 14.7 Å². The van der Waals surface area contributed by atoms with Crippen LogP contribution in [0.5, 0.6) is 0 Å². The fraction of sp³-hybridized carbons (Fsp3) is 0.692. The van der Waals surface area contributed by atoms with Gasteiger partial charge in [0.15, 0.2) is 0 Å². The highest BCUT2D eigenvalue weighted by atomic mass is 79.9. The highest BCUT2D eigenvalue weighted by molar-refractivity contribution is 9.10. The molecule has 2 aliphatic rings. The fourth-order valence-corrected chi connectivity index (χ4v) is 3.48. The van der Waals surface area contributed by atoms with Crippen LogP contribution in [0.4, 0.5) is 0 Å². The van der Waals surface area contributed by atoms with E-state index in [0.29, 0.717) is 12.6 Å². The van der Waals surface area contributed by atoms with E-state index in [1.165, 1.54) is 11.3 Å². The van der Waals surface area contributed by atoms with Crippen molar-refractivity contribution in [3.8, 4) is 0 Å². The molecule has 0 bridgehead atoms. The Labute approximate surface area is 121 Å². The third-order valence-corrected chi connectivity index (χ3v) is 4.62. The molecule has 5 nitrogen and oxygen atoms in total. The minimum Gasteiger partial charge on any atom is -0.381 e. The average Bonchev–Trinajstić information content (AvgIpc) is 2.78. The van der Waals surface area contributed by atoms with Gasteiger partial charge in [0.25, 0.3) is 0 Å². The monoisotopic (exact) mass is 327 g/mol. The summed E-state index contributed by atoms with van der Waals surface area (Å²) >= 11 is 3.57. The summed E-state index contributed by atoms with van der Waals surface area (Å²) in [6.07, 6.45) is 4.03. The molecule has 1 aromatic heterocycles. The Hall–Kier alpha value is -0.720. The number of fused-ring (bicyclic) bond motifs is 1. The molecule has 0 saturated carbocycles. The van der Waals surface area contributed by atoms with Gasteiger partial charge in [-0.2, -0.15) is 5.10 Å². The standard InChI is InChI=1S/C13H18BrN3O2/c14-13-11-9-16(5-6-18)4-1-12(11)17(15-13)10-2-7-19-8-3-10/h6,10H,1-5,7-9H2. The highest BCUT2D eigenvalue weighted by Gasteiger charge is 2.27. The van der Waals surface area contributed by atoms with Crippen LogP contribution >= 0.6 is 15.9 Å². The maximum Gasteiger partial charge on any atom is 0.133 e. The quantitative estimate of drug-likeness (QED) is 0.790. The summed E-state index contributed by atoms with van der Waals surface area (Å²) in [7, 11) is 0. The lowest BCUT2D eigenvalue weighted by Crippen LogP contribution is -2.33. The van der Waals surface area contributed by atoms with Crippen molar-refractivity contribution in [2.75, 3.05) is 26.3 Å². The molecule has 2 aliphatic heterocycles. The predicted molar refractivity (Wildman–Crippen MR) is 74.1 cm³/mol. The van der Waals surface area contributed by atoms with E-state index in [0.717, 1.165) is 56.5 Å². The van der Waals surface area contributed by atoms with Crippen LogP contribution in [0.15, 0.2) is 4.60 Å². The van der Waals surface area contributed by atoms with Gasteiger partial charge in [0, 0.05) is 44.0 Å². The largest absolute Gasteiger partial charge is 0.381 e. The van der Waals surface area contributed by atoms with Crippen LogP contribution in [-0.4, -0.2) is 47.3 Å². The molecule has 1 fully saturated rings. The van der Waals surface area contributed by atoms with Crippen LogP contribution in [-0.2, 0) is 22.5 Å². The van der Waals surface area contributed by atoms with Crippen LogP contribution in [0.2, 0.25) is 0 Å². The molecule has 0 spiro atoms. The average molecular weight is 328 g/mol. The number of nitrogens with zero attached hydrogens (tertiary/aromatic N) is 3. The summed E-state index contributed by atoms with van der Waals surface area (Å²) in [4.78, 5) is 12.8. The van der Waals surface area contributed by atoms with Gasteiger partial charge in [0.05, 0.1) is 12.6 Å². The van der Waals surface area contributed by atoms with Crippen molar-refractivity contribution in [3.05, 3.63) is 15.9 Å². The first-order chi connectivity index (χ1) is 9.29. The number of carbonyl (C=O) groups is 1. The first-order valence-corrected chi connectivity index (χ1v) is 7.58. The molecule has 0 radical (unpaired) electrons. The van der Waals surface area contributed by atoms with Crippen molar-refractivity contribution >= 4 is 22.2 Å². The zero-order valence-corrected chi connectivity index (χ0v) is 12.4. The third-order valence-electron chi connectivity index (χ3n) is 3.99. The van der Waals surface area contributed by atoms with Gasteiger partial charge in [-0.1, -0.05) is 0 Å². The summed E-state index contributed by atoms with van der Waals surface area (Å²) < 4.78 is 8.55. The van der Waals surface area contributed by atoms with Crippen molar-refractivity contribution < 1.29 is 9.53 Å². The Kier molecular flexibility index (Phi) is 4.00. The van der Waals surface area contributed by atoms with Gasteiger partial charge in [0.1, 0.15) is 10.9 Å². The maximum absolute atomic E-state index is 10.6. The first kappa shape index (κ1) is 13.3. The molecular weight excluding hydrogens is 310 g/mol. The second-order valence-electron chi connectivity index (χ2n) is 5.16. The van der Waals surface area contributed by atoms with E-state index < -0.39 is 0 Å². The Bertz CT molecular complexity index is 469. The SMILES string of the molecule is O=CCN1CCc2c(c(Br)nn2C2CCOCC2)C1. The van der Waals surface area contributed by atoms with Gasteiger partial charge in [-0.3, -0.25) is 9.58 Å². The highest BCUT2D eigenvalue weighted by Crippen LogP contribution is 2.31. The summed E-state index contributed by atoms with van der Waals surface area (Å²) in [5.74, 6) is 0. The molecule has 0 amide bonds. The number of hydrogen-bond acceptors (Lipinski definition) is 4. The molecule has 0 unspecified atom stereocenters. The van der Waals surface area contributed by atoms with Crippen LogP contribution in [0, 0.1) is 0 Å². The van der Waals surface area contributed by atoms with Crippen molar-refractivity contribution in [2.24, 2.45) is 0 Å². The van der Waals surface area contributed by atoms with Crippen LogP contribution in [0.1, 0.15) is 30.1 Å². The van der Waals surface area contributed by atoms with Crippen LogP contribution < -0.4 is 0 Å². The van der Waals surface area contributed by atoms with Crippen LogP contribution in [0.25, 0.3) is 0 Å². The first-order valence-electron chi connectivity index (χ1n) is 6.79. The fourth-order valence-electron chi connectivity index (χ4n) is 2.95. The number of halogens is 1. The number of hydrogen-bond donors (Lipinski definition) is 0. The van der Waals surface area contributed by atoms with E-state index in [-0.39, 0.29) is 0 Å². The van der Waals surface area contributed by atoms with Crippen molar-refractivity contribution in [2.45, 2.75) is 31.8 Å². The number of carbonyl (C=O) groups excluding carboxylic acids is 1. The van der Waals surface area contributed by atoms with Gasteiger partial charge in [-0.25, -0.2) is 0 Å². The Morgan fingerprint density at radius 1 is 1.42 bits per heavy atom. The molecule has 6 heteroatoms. The lowest BCUT2D eigenvalue weighted by Gasteiger charge is -2.28. The van der Waals surface area contributed by atoms with Gasteiger partial charge < -0.3 is 9.53 Å². The molecular formula is C13H18BrN3O2. The number of aldehydes is 1. The molecule has 104 valence electrons. The van der Waals surface area contributed by atoms with E-state index in [2.05, 4.69) is 30.6 Å². The number of ether oxygens (including phenoxy) is 1. The molecule has 1 aromatic rings. The Morgan fingerprint density at radius 2 is 2.21 bits per heavy atom. The summed E-state index contributed by atoms with van der Waals surface area (Å²) in [6.45, 7) is 3.92. The normalized spacial score (nSPS) is 21.3. The van der Waals surface area contributed by atoms with E-state index in [1.807, 2.05) is 0 Å². The topological polar surface area (TPSA) is 47.4 Å². The zero-order valence-electron chi connectivity index (χ0n) is 10.8. The van der Waals surface area contributed by atoms with Gasteiger partial charge >= 0.3 is 0 Å². The van der Waals surface area contributed by atoms with E-state index >= 15 is 0 Å². The van der Waals surface area contributed by atoms with Crippen molar-refractivity contribution in [3.63, 3.8) is 0 Å². The maximum atomic E-state index is 10.6. The molecule has 3 rings (SSSR count). The zero-order chi connectivity index (χ0) is 13.2. The Morgan fingerprint density at radius 3 is 2.95 bits per heavy atom. The van der Waals surface area contributed by atoms with E-state index in [9.17, 15) is 4.79 Å². The minimum absolute atomic E-state index is 0.464. The smallest absolute Gasteiger partial charge is 0.133 e. The molecule has 0 aromatic carbocycles. The molecule has 3 heterocycles. The predicted octanol–water partition coefficient (Wildman–Crippen LogP) is 1.55. The van der Waals surface area contributed by atoms with E-state index in [1.54, 1.807) is 0 Å². The molecule has 1 saturated heterocycles. The second kappa shape index (κ2) is 5.73. The molecule has 19 heavy (non-hydrogen) atoms. The minimum atomic E-state index is 0.464. The van der Waals surface area contributed by atoms with Crippen molar-refractivity contribution in [1.29, 1.82) is 0 Å². The molecule has 0 N–H and O–H groups in total. The van der Waals surface area contributed by atoms with Gasteiger partial charge in [0.2, 0.25) is 0 Å². The summed E-state index contributed by atoms with van der Waals surface area (Å²) in [5.41, 5.74) is 2.58. The molecule has 0 atom stereocenters. The third kappa shape index (κ3) is 2.61. The summed E-state index contributed by atoms with van der Waals surface area (Å²) in [6, 6.07) is 0.464. The number of aromatic nitrogens is 2. The Balaban J connectivity index is 1.84. The lowest BCUT2D eigenvalue weighted by atomic mass is 10.1. The van der Waals surface area contributed by atoms with Gasteiger partial charge in [-0.15, -0.1) is 0 Å². The molecule has 0 aliphatic carbocycles.